The number of benzene rings is 1. The van der Waals surface area contributed by atoms with E-state index in [1.165, 1.54) is 44.7 Å². The molecule has 0 bridgehead atoms. The number of halogens is 2. The third kappa shape index (κ3) is 2.70. The number of ether oxygens (including phenoxy) is 2. The minimum absolute atomic E-state index is 0.0388. The molecule has 1 spiro atoms. The second-order valence-corrected chi connectivity index (χ2v) is 8.05. The molecule has 23 heavy (non-hydrogen) atoms. The van der Waals surface area contributed by atoms with Crippen molar-refractivity contribution in [2.75, 3.05) is 13.2 Å². The van der Waals surface area contributed by atoms with Crippen molar-refractivity contribution in [3.63, 3.8) is 0 Å². The Morgan fingerprint density at radius 3 is 2.04 bits per heavy atom. The van der Waals surface area contributed by atoms with Crippen molar-refractivity contribution in [3.05, 3.63) is 34.9 Å². The number of hydrogen-bond acceptors (Lipinski definition) is 2. The highest BCUT2D eigenvalue weighted by Crippen LogP contribution is 2.62. The molecule has 3 aliphatic rings. The average molecular weight is 322 g/mol. The molecule has 2 saturated carbocycles. The Kier molecular flexibility index (Phi) is 3.73. The first kappa shape index (κ1) is 15.5. The van der Waals surface area contributed by atoms with Crippen molar-refractivity contribution in [3.8, 4) is 0 Å². The maximum Gasteiger partial charge on any atom is 0.184 e. The molecular weight excluding hydrogens is 298 g/mol. The van der Waals surface area contributed by atoms with Crippen molar-refractivity contribution in [1.82, 2.24) is 0 Å². The molecule has 0 radical (unpaired) electrons. The first-order valence-electron chi connectivity index (χ1n) is 8.64. The van der Waals surface area contributed by atoms with Crippen molar-refractivity contribution in [2.45, 2.75) is 45.8 Å². The summed E-state index contributed by atoms with van der Waals surface area (Å²) >= 11 is 0. The van der Waals surface area contributed by atoms with Gasteiger partial charge in [0.1, 0.15) is 11.6 Å². The summed E-state index contributed by atoms with van der Waals surface area (Å²) in [6.45, 7) is 5.01. The minimum Gasteiger partial charge on any atom is -0.348 e. The molecular formula is C19H24F2O2. The Morgan fingerprint density at radius 1 is 0.957 bits per heavy atom. The van der Waals surface area contributed by atoms with E-state index < -0.39 is 17.9 Å². The fourth-order valence-corrected chi connectivity index (χ4v) is 4.92. The van der Waals surface area contributed by atoms with Crippen LogP contribution in [0.2, 0.25) is 0 Å². The Labute approximate surface area is 136 Å². The quantitative estimate of drug-likeness (QED) is 0.781. The molecule has 2 aliphatic carbocycles. The molecule has 0 N–H and O–H groups in total. The molecule has 126 valence electrons. The maximum absolute atomic E-state index is 13.7. The van der Waals surface area contributed by atoms with Gasteiger partial charge in [-0.05, 0) is 62.0 Å². The van der Waals surface area contributed by atoms with Crippen LogP contribution in [0.5, 0.6) is 0 Å². The average Bonchev–Trinajstić information content (AvgIpc) is 2.47. The zero-order valence-corrected chi connectivity index (χ0v) is 13.8. The zero-order chi connectivity index (χ0) is 16.2. The molecule has 4 heteroatoms. The standard InChI is InChI=1S/C19H24F2O2/c1-11-5-19(6-11)7-14(8-19)15-9-22-18(23-10-15)13-3-16(20)12(2)17(21)4-13/h3-4,11,14-15,18H,5-10H2,1-2H3. The van der Waals surface area contributed by atoms with Gasteiger partial charge in [0.25, 0.3) is 0 Å². The summed E-state index contributed by atoms with van der Waals surface area (Å²) in [7, 11) is 0. The number of rotatable bonds is 2. The van der Waals surface area contributed by atoms with Gasteiger partial charge in [0.15, 0.2) is 6.29 Å². The highest BCUT2D eigenvalue weighted by molar-refractivity contribution is 5.26. The molecule has 0 atom stereocenters. The van der Waals surface area contributed by atoms with Crippen LogP contribution in [-0.4, -0.2) is 13.2 Å². The van der Waals surface area contributed by atoms with E-state index in [1.54, 1.807) is 0 Å². The van der Waals surface area contributed by atoms with Crippen molar-refractivity contribution in [1.29, 1.82) is 0 Å². The summed E-state index contributed by atoms with van der Waals surface area (Å²) in [6.07, 6.45) is 4.71. The van der Waals surface area contributed by atoms with E-state index in [-0.39, 0.29) is 5.56 Å². The van der Waals surface area contributed by atoms with Crippen molar-refractivity contribution >= 4 is 0 Å². The van der Waals surface area contributed by atoms with Crippen LogP contribution in [-0.2, 0) is 9.47 Å². The highest BCUT2D eigenvalue weighted by Gasteiger charge is 2.53. The van der Waals surface area contributed by atoms with Gasteiger partial charge in [-0.25, -0.2) is 8.78 Å². The van der Waals surface area contributed by atoms with Crippen LogP contribution in [0.4, 0.5) is 8.78 Å². The van der Waals surface area contributed by atoms with Gasteiger partial charge in [-0.1, -0.05) is 6.92 Å². The van der Waals surface area contributed by atoms with Crippen LogP contribution < -0.4 is 0 Å². The normalized spacial score (nSPS) is 39.8. The lowest BCUT2D eigenvalue weighted by atomic mass is 9.47. The van der Waals surface area contributed by atoms with Crippen LogP contribution >= 0.6 is 0 Å². The predicted molar refractivity (Wildman–Crippen MR) is 82.8 cm³/mol. The summed E-state index contributed by atoms with van der Waals surface area (Å²) in [4.78, 5) is 0. The molecule has 1 heterocycles. The van der Waals surface area contributed by atoms with Crippen molar-refractivity contribution in [2.24, 2.45) is 23.2 Å². The van der Waals surface area contributed by atoms with Crippen LogP contribution in [0.3, 0.4) is 0 Å². The molecule has 0 amide bonds. The van der Waals surface area contributed by atoms with Gasteiger partial charge < -0.3 is 9.47 Å². The molecule has 3 fully saturated rings. The number of hydrogen-bond donors (Lipinski definition) is 0. The van der Waals surface area contributed by atoms with Crippen LogP contribution in [0.25, 0.3) is 0 Å². The Balaban J connectivity index is 1.33. The van der Waals surface area contributed by atoms with E-state index >= 15 is 0 Å². The van der Waals surface area contributed by atoms with Crippen LogP contribution in [0.15, 0.2) is 12.1 Å². The molecule has 1 aromatic rings. The van der Waals surface area contributed by atoms with Gasteiger partial charge in [0.2, 0.25) is 0 Å². The van der Waals surface area contributed by atoms with Gasteiger partial charge in [-0.2, -0.15) is 0 Å². The first-order chi connectivity index (χ1) is 11.0. The second-order valence-electron chi connectivity index (χ2n) is 8.05. The Hall–Kier alpha value is -1.00. The molecule has 0 unspecified atom stereocenters. The van der Waals surface area contributed by atoms with Gasteiger partial charge >= 0.3 is 0 Å². The van der Waals surface area contributed by atoms with E-state index in [0.29, 0.717) is 36.0 Å². The first-order valence-corrected chi connectivity index (χ1v) is 8.64. The topological polar surface area (TPSA) is 18.5 Å². The van der Waals surface area contributed by atoms with E-state index in [4.69, 9.17) is 9.47 Å². The van der Waals surface area contributed by atoms with Crippen LogP contribution in [0.1, 0.15) is 50.0 Å². The third-order valence-electron chi connectivity index (χ3n) is 6.12. The Bertz CT molecular complexity index is 570. The lowest BCUT2D eigenvalue weighted by Gasteiger charge is -2.59. The summed E-state index contributed by atoms with van der Waals surface area (Å²) in [5, 5.41) is 0. The largest absolute Gasteiger partial charge is 0.348 e. The molecule has 1 aliphatic heterocycles. The fourth-order valence-electron chi connectivity index (χ4n) is 4.92. The summed E-state index contributed by atoms with van der Waals surface area (Å²) in [6, 6.07) is 2.63. The maximum atomic E-state index is 13.7. The lowest BCUT2D eigenvalue weighted by molar-refractivity contribution is -0.228. The van der Waals surface area contributed by atoms with Crippen LogP contribution in [0, 0.1) is 41.7 Å². The predicted octanol–water partition coefficient (Wildman–Crippen LogP) is 4.76. The van der Waals surface area contributed by atoms with Gasteiger partial charge in [0, 0.05) is 17.0 Å². The molecule has 1 saturated heterocycles. The minimum atomic E-state index is -0.645. The van der Waals surface area contributed by atoms with Crippen molar-refractivity contribution < 1.29 is 18.3 Å². The monoisotopic (exact) mass is 322 g/mol. The second kappa shape index (κ2) is 5.52. The van der Waals surface area contributed by atoms with Gasteiger partial charge in [0.05, 0.1) is 13.2 Å². The highest BCUT2D eigenvalue weighted by atomic mass is 19.1. The van der Waals surface area contributed by atoms with Gasteiger partial charge in [-0.15, -0.1) is 0 Å². The van der Waals surface area contributed by atoms with E-state index in [1.807, 2.05) is 0 Å². The zero-order valence-electron chi connectivity index (χ0n) is 13.8. The molecule has 0 aromatic heterocycles. The third-order valence-corrected chi connectivity index (χ3v) is 6.12. The molecule has 2 nitrogen and oxygen atoms in total. The molecule has 1 aromatic carbocycles. The smallest absolute Gasteiger partial charge is 0.184 e. The molecule has 4 rings (SSSR count). The SMILES string of the molecule is Cc1c(F)cc(C2OCC(C3CC4(CC(C)C4)C3)CO2)cc1F. The van der Waals surface area contributed by atoms with E-state index in [9.17, 15) is 8.78 Å². The Morgan fingerprint density at radius 2 is 1.52 bits per heavy atom. The lowest BCUT2D eigenvalue weighted by Crippen LogP contribution is -2.51. The van der Waals surface area contributed by atoms with Gasteiger partial charge in [-0.3, -0.25) is 0 Å². The summed E-state index contributed by atoms with van der Waals surface area (Å²) in [5.74, 6) is 0.914. The van der Waals surface area contributed by atoms with E-state index in [2.05, 4.69) is 6.92 Å². The van der Waals surface area contributed by atoms with E-state index in [0.717, 1.165) is 5.92 Å². The fraction of sp³-hybridized carbons (Fsp3) is 0.684. The summed E-state index contributed by atoms with van der Waals surface area (Å²) in [5.41, 5.74) is 1.10. The summed E-state index contributed by atoms with van der Waals surface area (Å²) < 4.78 is 38.9.